The molecule has 1 aliphatic heterocycles. The van der Waals surface area contributed by atoms with Crippen LogP contribution in [0.15, 0.2) is 23.0 Å². The molecule has 1 saturated carbocycles. The molecule has 1 spiro atoms. The number of aromatic nitrogens is 4. The summed E-state index contributed by atoms with van der Waals surface area (Å²) in [7, 11) is 0. The number of para-hydroxylation sites is 1. The Kier molecular flexibility index (Phi) is 4.65. The fourth-order valence-corrected chi connectivity index (χ4v) is 5.63. The molecular formula is C23H29N5O2. The number of nitrogens with zero attached hydrogens (tertiary/aromatic N) is 3. The van der Waals surface area contributed by atoms with Crippen LogP contribution in [0.1, 0.15) is 50.4 Å². The van der Waals surface area contributed by atoms with E-state index in [1.54, 1.807) is 0 Å². The van der Waals surface area contributed by atoms with E-state index in [9.17, 15) is 9.90 Å². The predicted octanol–water partition coefficient (Wildman–Crippen LogP) is 3.52. The molecule has 0 radical (unpaired) electrons. The number of imidazole rings is 1. The monoisotopic (exact) mass is 407 g/mol. The van der Waals surface area contributed by atoms with Crippen molar-refractivity contribution in [3.8, 4) is 11.3 Å². The molecule has 0 bridgehead atoms. The zero-order chi connectivity index (χ0) is 20.9. The highest BCUT2D eigenvalue weighted by Gasteiger charge is 2.42. The minimum absolute atomic E-state index is 0.159. The van der Waals surface area contributed by atoms with Crippen molar-refractivity contribution in [3.63, 3.8) is 0 Å². The third-order valence-corrected chi connectivity index (χ3v) is 7.49. The molecule has 5 rings (SSSR count). The number of H-pyrrole nitrogens is 2. The molecule has 3 heterocycles. The van der Waals surface area contributed by atoms with Gasteiger partial charge in [-0.25, -0.2) is 14.8 Å². The summed E-state index contributed by atoms with van der Waals surface area (Å²) < 4.78 is 0. The number of piperidine rings is 1. The SMILES string of the molecule is Cc1nc(N2CCC3(CCC[C@H]3C)CC2)c(CO)nc1-c1cccc2[nH]c(=O)[nH]c12. The van der Waals surface area contributed by atoms with Gasteiger partial charge in [0.2, 0.25) is 0 Å². The van der Waals surface area contributed by atoms with Crippen LogP contribution in [0.4, 0.5) is 5.82 Å². The first-order valence-corrected chi connectivity index (χ1v) is 11.0. The molecular weight excluding hydrogens is 378 g/mol. The van der Waals surface area contributed by atoms with Crippen LogP contribution in [0.5, 0.6) is 0 Å². The van der Waals surface area contributed by atoms with Gasteiger partial charge in [-0.3, -0.25) is 0 Å². The van der Waals surface area contributed by atoms with Gasteiger partial charge in [0.05, 0.1) is 29.0 Å². The van der Waals surface area contributed by atoms with Crippen LogP contribution in [0.2, 0.25) is 0 Å². The summed E-state index contributed by atoms with van der Waals surface area (Å²) in [4.78, 5) is 29.4. The molecule has 3 aromatic rings. The normalized spacial score (nSPS) is 21.0. The first kappa shape index (κ1) is 19.3. The van der Waals surface area contributed by atoms with Gasteiger partial charge in [0.15, 0.2) is 5.82 Å². The smallest absolute Gasteiger partial charge is 0.323 e. The van der Waals surface area contributed by atoms with E-state index in [1.807, 2.05) is 25.1 Å². The lowest BCUT2D eigenvalue weighted by molar-refractivity contribution is 0.161. The Bertz CT molecular complexity index is 1140. The number of hydrogen-bond donors (Lipinski definition) is 3. The Labute approximate surface area is 175 Å². The minimum atomic E-state index is -0.245. The van der Waals surface area contributed by atoms with Gasteiger partial charge in [-0.1, -0.05) is 31.9 Å². The molecule has 1 atom stereocenters. The van der Waals surface area contributed by atoms with Crippen LogP contribution >= 0.6 is 0 Å². The summed E-state index contributed by atoms with van der Waals surface area (Å²) in [5, 5.41) is 10.1. The zero-order valence-electron chi connectivity index (χ0n) is 17.7. The number of aromatic amines is 2. The largest absolute Gasteiger partial charge is 0.390 e. The van der Waals surface area contributed by atoms with Crippen molar-refractivity contribution in [3.05, 3.63) is 40.1 Å². The average molecular weight is 408 g/mol. The highest BCUT2D eigenvalue weighted by Crippen LogP contribution is 2.50. The maximum Gasteiger partial charge on any atom is 0.323 e. The molecule has 1 aromatic carbocycles. The minimum Gasteiger partial charge on any atom is -0.390 e. The van der Waals surface area contributed by atoms with Crippen molar-refractivity contribution in [1.82, 2.24) is 19.9 Å². The first-order valence-electron chi connectivity index (χ1n) is 11.0. The standard InChI is InChI=1S/C23H29N5O2/c1-14-5-4-8-23(14)9-11-28(12-10-23)21-18(13-29)25-19(15(2)24-21)16-6-3-7-17-20(16)27-22(30)26-17/h3,6-7,14,29H,4-5,8-13H2,1-2H3,(H2,26,27,30)/t14-/m1/s1. The van der Waals surface area contributed by atoms with Gasteiger partial charge < -0.3 is 20.0 Å². The number of rotatable bonds is 3. The predicted molar refractivity (Wildman–Crippen MR) is 118 cm³/mol. The summed E-state index contributed by atoms with van der Waals surface area (Å²) in [6.45, 7) is 6.12. The van der Waals surface area contributed by atoms with Gasteiger partial charge in [0.25, 0.3) is 0 Å². The average Bonchev–Trinajstić information content (AvgIpc) is 3.30. The number of fused-ring (bicyclic) bond motifs is 1. The van der Waals surface area contributed by atoms with Crippen LogP contribution in [0.25, 0.3) is 22.3 Å². The number of benzene rings is 1. The summed E-state index contributed by atoms with van der Waals surface area (Å²) in [5.74, 6) is 1.60. The van der Waals surface area contributed by atoms with E-state index in [2.05, 4.69) is 21.8 Å². The lowest BCUT2D eigenvalue weighted by Gasteiger charge is -2.43. The third kappa shape index (κ3) is 3.03. The molecule has 7 nitrogen and oxygen atoms in total. The summed E-state index contributed by atoms with van der Waals surface area (Å²) in [6, 6.07) is 5.67. The Balaban J connectivity index is 1.50. The highest BCUT2D eigenvalue weighted by molar-refractivity contribution is 5.91. The summed E-state index contributed by atoms with van der Waals surface area (Å²) in [6.07, 6.45) is 6.42. The second kappa shape index (κ2) is 7.23. The van der Waals surface area contributed by atoms with E-state index in [0.717, 1.165) is 41.6 Å². The molecule has 2 fully saturated rings. The molecule has 1 aliphatic carbocycles. The maximum atomic E-state index is 11.8. The molecule has 3 N–H and O–H groups in total. The number of anilines is 1. The second-order valence-electron chi connectivity index (χ2n) is 9.04. The number of aliphatic hydroxyl groups excluding tert-OH is 1. The summed E-state index contributed by atoms with van der Waals surface area (Å²) >= 11 is 0. The van der Waals surface area contributed by atoms with E-state index in [4.69, 9.17) is 9.97 Å². The molecule has 2 aliphatic rings. The number of aliphatic hydroxyl groups is 1. The van der Waals surface area contributed by atoms with E-state index in [-0.39, 0.29) is 12.3 Å². The Morgan fingerprint density at radius 1 is 1.20 bits per heavy atom. The lowest BCUT2D eigenvalue weighted by atomic mass is 9.71. The molecule has 158 valence electrons. The Morgan fingerprint density at radius 3 is 2.70 bits per heavy atom. The van der Waals surface area contributed by atoms with Crippen LogP contribution in [-0.2, 0) is 6.61 Å². The van der Waals surface area contributed by atoms with Crippen LogP contribution in [-0.4, -0.2) is 38.1 Å². The van der Waals surface area contributed by atoms with Crippen molar-refractivity contribution in [1.29, 1.82) is 0 Å². The van der Waals surface area contributed by atoms with E-state index in [0.29, 0.717) is 22.3 Å². The van der Waals surface area contributed by atoms with Crippen LogP contribution in [0, 0.1) is 18.3 Å². The fourth-order valence-electron chi connectivity index (χ4n) is 5.63. The third-order valence-electron chi connectivity index (χ3n) is 7.49. The number of aryl methyl sites for hydroxylation is 1. The number of nitrogens with one attached hydrogen (secondary N) is 2. The van der Waals surface area contributed by atoms with Crippen molar-refractivity contribution >= 4 is 16.9 Å². The zero-order valence-corrected chi connectivity index (χ0v) is 17.7. The fraction of sp³-hybridized carbons (Fsp3) is 0.522. The molecule has 30 heavy (non-hydrogen) atoms. The molecule has 7 heteroatoms. The summed E-state index contributed by atoms with van der Waals surface area (Å²) in [5.41, 5.74) is 4.61. The number of hydrogen-bond acceptors (Lipinski definition) is 5. The Hall–Kier alpha value is -2.67. The van der Waals surface area contributed by atoms with E-state index in [1.165, 1.54) is 32.1 Å². The topological polar surface area (TPSA) is 97.9 Å². The maximum absolute atomic E-state index is 11.8. The van der Waals surface area contributed by atoms with Gasteiger partial charge in [0.1, 0.15) is 5.69 Å². The molecule has 0 unspecified atom stereocenters. The van der Waals surface area contributed by atoms with Gasteiger partial charge in [-0.15, -0.1) is 0 Å². The van der Waals surface area contributed by atoms with Gasteiger partial charge in [-0.05, 0) is 43.6 Å². The van der Waals surface area contributed by atoms with Crippen LogP contribution < -0.4 is 10.6 Å². The van der Waals surface area contributed by atoms with Crippen LogP contribution in [0.3, 0.4) is 0 Å². The Morgan fingerprint density at radius 2 is 2.00 bits per heavy atom. The van der Waals surface area contributed by atoms with E-state index >= 15 is 0 Å². The van der Waals surface area contributed by atoms with Crippen molar-refractivity contribution in [2.45, 2.75) is 52.6 Å². The van der Waals surface area contributed by atoms with Crippen molar-refractivity contribution < 1.29 is 5.11 Å². The van der Waals surface area contributed by atoms with E-state index < -0.39 is 0 Å². The van der Waals surface area contributed by atoms with Gasteiger partial charge in [-0.2, -0.15) is 0 Å². The van der Waals surface area contributed by atoms with Gasteiger partial charge in [0, 0.05) is 18.7 Å². The second-order valence-corrected chi connectivity index (χ2v) is 9.04. The molecule has 2 aromatic heterocycles. The van der Waals surface area contributed by atoms with Crippen molar-refractivity contribution in [2.24, 2.45) is 11.3 Å². The van der Waals surface area contributed by atoms with Crippen molar-refractivity contribution in [2.75, 3.05) is 18.0 Å². The molecule has 0 amide bonds. The highest BCUT2D eigenvalue weighted by atomic mass is 16.3. The van der Waals surface area contributed by atoms with Gasteiger partial charge >= 0.3 is 5.69 Å². The quantitative estimate of drug-likeness (QED) is 0.617. The lowest BCUT2D eigenvalue weighted by Crippen LogP contribution is -2.42. The first-order chi connectivity index (χ1) is 14.5. The molecule has 1 saturated heterocycles.